The molecule has 2 amide bonds. The standard InChI is InChI=1S/C25H36N8O3.C14H18N4O/c1-36-21-8-7-18(14-28-21)20-13-19(31-32-20)16-9-11-33(12-10-16)22(34)15-29-24(35)23(30-25(26)27)17-5-3-2-4-6-17;1-19-14-3-2-11(9-16-14)13-8-12(17-18-13)10-4-6-15-7-5-10/h7-8,13-14,16-17,23H,2-6,9-12,15H2,1H3,(H,29,35)(H,31,32)(H4,26,27,30);2-3,8-10,15H,4-7H2,1H3,(H,17,18)/t23-;/m1./s1. The van der Waals surface area contributed by atoms with Crippen molar-refractivity contribution in [2.24, 2.45) is 22.4 Å². The second kappa shape index (κ2) is 19.2. The lowest BCUT2D eigenvalue weighted by Gasteiger charge is -2.32. The molecule has 55 heavy (non-hydrogen) atoms. The molecule has 7 rings (SSSR count). The summed E-state index contributed by atoms with van der Waals surface area (Å²) >= 11 is 0. The van der Waals surface area contributed by atoms with Crippen molar-refractivity contribution in [3.63, 3.8) is 0 Å². The number of hydrogen-bond donors (Lipinski definition) is 6. The molecule has 4 aromatic rings. The summed E-state index contributed by atoms with van der Waals surface area (Å²) < 4.78 is 10.2. The van der Waals surface area contributed by atoms with E-state index in [2.05, 4.69) is 52.1 Å². The Morgan fingerprint density at radius 2 is 1.36 bits per heavy atom. The average molecular weight is 755 g/mol. The van der Waals surface area contributed by atoms with Crippen molar-refractivity contribution in [2.45, 2.75) is 75.7 Å². The fourth-order valence-corrected chi connectivity index (χ4v) is 7.63. The minimum atomic E-state index is -0.635. The van der Waals surface area contributed by atoms with Gasteiger partial charge in [0.15, 0.2) is 5.96 Å². The van der Waals surface area contributed by atoms with Crippen LogP contribution in [0.3, 0.4) is 0 Å². The summed E-state index contributed by atoms with van der Waals surface area (Å²) in [5.74, 6) is 1.70. The molecule has 1 atom stereocenters. The fourth-order valence-electron chi connectivity index (χ4n) is 7.63. The predicted octanol–water partition coefficient (Wildman–Crippen LogP) is 3.47. The van der Waals surface area contributed by atoms with Crippen molar-refractivity contribution in [2.75, 3.05) is 46.9 Å². The molecule has 0 aromatic carbocycles. The van der Waals surface area contributed by atoms with Crippen LogP contribution in [-0.4, -0.2) is 106 Å². The quantitative estimate of drug-likeness (QED) is 0.0960. The van der Waals surface area contributed by atoms with Gasteiger partial charge in [-0.3, -0.25) is 19.8 Å². The fraction of sp³-hybridized carbons (Fsp3) is 0.513. The van der Waals surface area contributed by atoms with Gasteiger partial charge >= 0.3 is 0 Å². The second-order valence-corrected chi connectivity index (χ2v) is 14.4. The third-order valence-electron chi connectivity index (χ3n) is 10.8. The largest absolute Gasteiger partial charge is 0.481 e. The number of rotatable bonds is 11. The monoisotopic (exact) mass is 754 g/mol. The van der Waals surface area contributed by atoms with Crippen LogP contribution in [0.25, 0.3) is 22.5 Å². The number of aromatic amines is 2. The lowest BCUT2D eigenvalue weighted by molar-refractivity contribution is -0.134. The molecule has 16 nitrogen and oxygen atoms in total. The number of nitrogens with two attached hydrogens (primary N) is 2. The molecule has 294 valence electrons. The van der Waals surface area contributed by atoms with Crippen LogP contribution in [0.5, 0.6) is 11.8 Å². The predicted molar refractivity (Wildman–Crippen MR) is 209 cm³/mol. The van der Waals surface area contributed by atoms with Crippen molar-refractivity contribution >= 4 is 17.8 Å². The van der Waals surface area contributed by atoms with Crippen LogP contribution in [-0.2, 0) is 9.59 Å². The minimum Gasteiger partial charge on any atom is -0.481 e. The van der Waals surface area contributed by atoms with Crippen molar-refractivity contribution in [1.29, 1.82) is 0 Å². The number of ether oxygens (including phenoxy) is 2. The number of piperidine rings is 2. The number of H-pyrrole nitrogens is 2. The third-order valence-corrected chi connectivity index (χ3v) is 10.8. The van der Waals surface area contributed by atoms with Crippen LogP contribution in [0.15, 0.2) is 53.8 Å². The number of carbonyl (C=O) groups is 2. The molecule has 2 saturated heterocycles. The minimum absolute atomic E-state index is 0.0502. The van der Waals surface area contributed by atoms with E-state index < -0.39 is 6.04 Å². The van der Waals surface area contributed by atoms with E-state index in [1.54, 1.807) is 37.6 Å². The topological polar surface area (TPSA) is 227 Å². The van der Waals surface area contributed by atoms with Gasteiger partial charge in [0, 0.05) is 72.0 Å². The van der Waals surface area contributed by atoms with Gasteiger partial charge < -0.3 is 36.5 Å². The molecule has 1 saturated carbocycles. The van der Waals surface area contributed by atoms with Gasteiger partial charge in [-0.1, -0.05) is 19.3 Å². The number of amides is 2. The first kappa shape index (κ1) is 39.2. The van der Waals surface area contributed by atoms with Gasteiger partial charge in [-0.2, -0.15) is 10.2 Å². The Labute approximate surface area is 321 Å². The number of methoxy groups -OCH3 is 2. The van der Waals surface area contributed by atoms with Crippen LogP contribution in [0.2, 0.25) is 0 Å². The van der Waals surface area contributed by atoms with E-state index >= 15 is 0 Å². The Morgan fingerprint density at radius 3 is 1.85 bits per heavy atom. The number of nitrogens with zero attached hydrogens (tertiary/aromatic N) is 6. The molecule has 3 fully saturated rings. The maximum Gasteiger partial charge on any atom is 0.245 e. The summed E-state index contributed by atoms with van der Waals surface area (Å²) in [6.45, 7) is 3.37. The van der Waals surface area contributed by atoms with Crippen LogP contribution < -0.4 is 31.6 Å². The van der Waals surface area contributed by atoms with E-state index in [0.29, 0.717) is 30.8 Å². The normalized spacial score (nSPS) is 17.4. The van der Waals surface area contributed by atoms with E-state index in [0.717, 1.165) is 79.8 Å². The van der Waals surface area contributed by atoms with E-state index in [-0.39, 0.29) is 36.2 Å². The zero-order chi connectivity index (χ0) is 38.6. The van der Waals surface area contributed by atoms with E-state index in [1.165, 1.54) is 25.0 Å². The van der Waals surface area contributed by atoms with E-state index in [4.69, 9.17) is 20.9 Å². The molecule has 6 heterocycles. The number of guanidine groups is 1. The zero-order valence-corrected chi connectivity index (χ0v) is 31.8. The Hall–Kier alpha value is -5.51. The van der Waals surface area contributed by atoms with E-state index in [1.807, 2.05) is 24.3 Å². The van der Waals surface area contributed by atoms with Gasteiger partial charge in [-0.25, -0.2) is 15.0 Å². The van der Waals surface area contributed by atoms with Crippen molar-refractivity contribution in [3.05, 3.63) is 60.2 Å². The first-order valence-corrected chi connectivity index (χ1v) is 19.3. The van der Waals surface area contributed by atoms with Crippen molar-refractivity contribution in [1.82, 2.24) is 45.9 Å². The molecule has 2 aliphatic heterocycles. The van der Waals surface area contributed by atoms with Crippen LogP contribution in [0.1, 0.15) is 81.0 Å². The number of pyridine rings is 2. The first-order valence-electron chi connectivity index (χ1n) is 19.3. The summed E-state index contributed by atoms with van der Waals surface area (Å²) in [4.78, 5) is 40.1. The third kappa shape index (κ3) is 10.6. The van der Waals surface area contributed by atoms with Gasteiger partial charge in [0.25, 0.3) is 0 Å². The molecule has 1 aliphatic carbocycles. The van der Waals surface area contributed by atoms with Crippen molar-refractivity contribution in [3.8, 4) is 34.3 Å². The Balaban J connectivity index is 0.000000226. The molecular formula is C39H54N12O4. The number of hydrogen-bond acceptors (Lipinski definition) is 10. The highest BCUT2D eigenvalue weighted by atomic mass is 16.5. The zero-order valence-electron chi connectivity index (χ0n) is 31.8. The van der Waals surface area contributed by atoms with Crippen molar-refractivity contribution < 1.29 is 19.1 Å². The molecule has 8 N–H and O–H groups in total. The van der Waals surface area contributed by atoms with Crippen LogP contribution in [0.4, 0.5) is 0 Å². The van der Waals surface area contributed by atoms with Gasteiger partial charge in [0.05, 0.1) is 32.2 Å². The number of aliphatic imine (C=N–C) groups is 1. The summed E-state index contributed by atoms with van der Waals surface area (Å²) in [5, 5.41) is 21.3. The van der Waals surface area contributed by atoms with Gasteiger partial charge in [0.2, 0.25) is 23.6 Å². The van der Waals surface area contributed by atoms with E-state index in [9.17, 15) is 9.59 Å². The first-order chi connectivity index (χ1) is 26.8. The number of aromatic nitrogens is 6. The Morgan fingerprint density at radius 1 is 0.818 bits per heavy atom. The molecule has 4 aromatic heterocycles. The highest BCUT2D eigenvalue weighted by Crippen LogP contribution is 2.31. The molecule has 16 heteroatoms. The lowest BCUT2D eigenvalue weighted by atomic mass is 9.83. The second-order valence-electron chi connectivity index (χ2n) is 14.4. The van der Waals surface area contributed by atoms with Gasteiger partial charge in [0.1, 0.15) is 6.04 Å². The molecule has 0 spiro atoms. The average Bonchev–Trinajstić information content (AvgIpc) is 3.95. The Bertz CT molecular complexity index is 1830. The van der Waals surface area contributed by atoms with Gasteiger partial charge in [-0.05, 0) is 81.8 Å². The smallest absolute Gasteiger partial charge is 0.245 e. The number of likely N-dealkylation sites (tertiary alicyclic amines) is 1. The summed E-state index contributed by atoms with van der Waals surface area (Å²) in [6.07, 6.45) is 12.6. The van der Waals surface area contributed by atoms with Crippen LogP contribution in [0, 0.1) is 5.92 Å². The Kier molecular flexibility index (Phi) is 13.7. The maximum absolute atomic E-state index is 12.8. The molecular weight excluding hydrogens is 701 g/mol. The summed E-state index contributed by atoms with van der Waals surface area (Å²) in [7, 11) is 3.20. The highest BCUT2D eigenvalue weighted by molar-refractivity contribution is 5.89. The highest BCUT2D eigenvalue weighted by Gasteiger charge is 2.31. The summed E-state index contributed by atoms with van der Waals surface area (Å²) in [6, 6.07) is 11.1. The summed E-state index contributed by atoms with van der Waals surface area (Å²) in [5.41, 5.74) is 17.1. The van der Waals surface area contributed by atoms with Crippen LogP contribution >= 0.6 is 0 Å². The maximum atomic E-state index is 12.8. The SMILES string of the molecule is COc1ccc(-c2cc(C3CCN(C(=O)CNC(=O)[C@H](N=C(N)N)C4CCCCC4)CC3)[nH]n2)cn1.COc1ccc(-c2cc(C3CCNCC3)[nH]n2)cn1. The number of carbonyl (C=O) groups excluding carboxylic acids is 2. The molecule has 0 unspecified atom stereocenters. The molecule has 0 bridgehead atoms. The molecule has 0 radical (unpaired) electrons. The number of nitrogens with one attached hydrogen (secondary N) is 4. The molecule has 3 aliphatic rings. The lowest BCUT2D eigenvalue weighted by Crippen LogP contribution is -2.47. The van der Waals surface area contributed by atoms with Gasteiger partial charge in [-0.15, -0.1) is 0 Å².